The molecular formula is C22H23N3O5. The summed E-state index contributed by atoms with van der Waals surface area (Å²) in [6, 6.07) is 14.4. The number of nitrogens with one attached hydrogen (secondary N) is 1. The normalized spacial score (nSPS) is 10.4. The lowest BCUT2D eigenvalue weighted by Gasteiger charge is -2.12. The number of anilines is 1. The molecule has 30 heavy (non-hydrogen) atoms. The smallest absolute Gasteiger partial charge is 0.342 e. The number of carbonyl (C=O) groups is 2. The Kier molecular flexibility index (Phi) is 6.36. The summed E-state index contributed by atoms with van der Waals surface area (Å²) >= 11 is 0. The number of benzene rings is 2. The molecule has 0 radical (unpaired) electrons. The molecule has 0 aliphatic carbocycles. The van der Waals surface area contributed by atoms with Crippen LogP contribution in [0.1, 0.15) is 21.7 Å². The van der Waals surface area contributed by atoms with E-state index in [1.807, 2.05) is 37.3 Å². The Morgan fingerprint density at radius 1 is 1.00 bits per heavy atom. The number of hydrogen-bond donors (Lipinski definition) is 1. The molecular weight excluding hydrogens is 386 g/mol. The molecule has 1 N–H and O–H groups in total. The predicted molar refractivity (Wildman–Crippen MR) is 111 cm³/mol. The minimum absolute atomic E-state index is 0.175. The van der Waals surface area contributed by atoms with Crippen molar-refractivity contribution in [3.05, 3.63) is 65.5 Å². The zero-order valence-electron chi connectivity index (χ0n) is 17.3. The Hall–Kier alpha value is -3.81. The second kappa shape index (κ2) is 9.13. The molecule has 0 saturated carbocycles. The largest absolute Gasteiger partial charge is 0.493 e. The highest BCUT2D eigenvalue weighted by atomic mass is 16.5. The number of hydrogen-bond acceptors (Lipinski definition) is 6. The van der Waals surface area contributed by atoms with Crippen LogP contribution >= 0.6 is 0 Å². The SMILES string of the molecule is COc1cccc(C(=O)OCC(=O)Nc2c(C)nn(-c3ccccc3)c2C)c1OC. The quantitative estimate of drug-likeness (QED) is 0.602. The standard InChI is InChI=1S/C22H23N3O5/c1-14-20(15(2)25(24-14)16-9-6-5-7-10-16)23-19(26)13-30-22(27)17-11-8-12-18(28-3)21(17)29-4/h5-12H,13H2,1-4H3,(H,23,26). The van der Waals surface area contributed by atoms with E-state index in [2.05, 4.69) is 10.4 Å². The van der Waals surface area contributed by atoms with Crippen molar-refractivity contribution in [1.82, 2.24) is 9.78 Å². The maximum Gasteiger partial charge on any atom is 0.342 e. The highest BCUT2D eigenvalue weighted by molar-refractivity contribution is 5.97. The first-order valence-electron chi connectivity index (χ1n) is 9.25. The number of para-hydroxylation sites is 2. The van der Waals surface area contributed by atoms with Crippen LogP contribution in [0.5, 0.6) is 11.5 Å². The lowest BCUT2D eigenvalue weighted by Crippen LogP contribution is -2.21. The molecule has 1 aromatic heterocycles. The van der Waals surface area contributed by atoms with Gasteiger partial charge < -0.3 is 19.5 Å². The molecule has 3 aromatic rings. The Bertz CT molecular complexity index is 1060. The molecule has 0 saturated heterocycles. The van der Waals surface area contributed by atoms with Gasteiger partial charge in [0.1, 0.15) is 5.56 Å². The maximum atomic E-state index is 12.4. The zero-order valence-corrected chi connectivity index (χ0v) is 17.3. The highest BCUT2D eigenvalue weighted by Gasteiger charge is 2.20. The van der Waals surface area contributed by atoms with Crippen molar-refractivity contribution < 1.29 is 23.8 Å². The van der Waals surface area contributed by atoms with Crippen LogP contribution in [0.25, 0.3) is 5.69 Å². The van der Waals surface area contributed by atoms with Gasteiger partial charge in [-0.05, 0) is 38.1 Å². The second-order valence-electron chi connectivity index (χ2n) is 6.46. The number of amides is 1. The van der Waals surface area contributed by atoms with Crippen LogP contribution in [-0.2, 0) is 9.53 Å². The van der Waals surface area contributed by atoms with Gasteiger partial charge in [-0.3, -0.25) is 4.79 Å². The summed E-state index contributed by atoms with van der Waals surface area (Å²) in [7, 11) is 2.90. The fourth-order valence-electron chi connectivity index (χ4n) is 3.08. The number of aryl methyl sites for hydroxylation is 1. The number of nitrogens with zero attached hydrogens (tertiary/aromatic N) is 2. The molecule has 8 nitrogen and oxygen atoms in total. The van der Waals surface area contributed by atoms with E-state index in [4.69, 9.17) is 14.2 Å². The second-order valence-corrected chi connectivity index (χ2v) is 6.46. The van der Waals surface area contributed by atoms with E-state index in [0.29, 0.717) is 17.1 Å². The average molecular weight is 409 g/mol. The van der Waals surface area contributed by atoms with Gasteiger partial charge in [0.25, 0.3) is 5.91 Å². The molecule has 0 bridgehead atoms. The van der Waals surface area contributed by atoms with Gasteiger partial charge in [0.2, 0.25) is 0 Å². The van der Waals surface area contributed by atoms with Crippen molar-refractivity contribution in [2.24, 2.45) is 0 Å². The van der Waals surface area contributed by atoms with E-state index < -0.39 is 18.5 Å². The first-order chi connectivity index (χ1) is 14.5. The van der Waals surface area contributed by atoms with Crippen LogP contribution in [-0.4, -0.2) is 42.5 Å². The minimum atomic E-state index is -0.686. The molecule has 3 rings (SSSR count). The van der Waals surface area contributed by atoms with Gasteiger partial charge in [-0.25, -0.2) is 9.48 Å². The number of ether oxygens (including phenoxy) is 3. The van der Waals surface area contributed by atoms with Crippen molar-refractivity contribution in [2.75, 3.05) is 26.1 Å². The molecule has 0 unspecified atom stereocenters. The third-order valence-corrected chi connectivity index (χ3v) is 4.51. The Morgan fingerprint density at radius 2 is 1.73 bits per heavy atom. The van der Waals surface area contributed by atoms with Gasteiger partial charge in [0.05, 0.1) is 37.0 Å². The summed E-state index contributed by atoms with van der Waals surface area (Å²) in [6.45, 7) is 3.21. The third kappa shape index (κ3) is 4.27. The van der Waals surface area contributed by atoms with Crippen molar-refractivity contribution in [2.45, 2.75) is 13.8 Å². The van der Waals surface area contributed by atoms with Gasteiger partial charge in [-0.2, -0.15) is 5.10 Å². The summed E-state index contributed by atoms with van der Waals surface area (Å²) < 4.78 is 17.3. The predicted octanol–water partition coefficient (Wildman–Crippen LogP) is 3.30. The first kappa shape index (κ1) is 20.9. The van der Waals surface area contributed by atoms with E-state index >= 15 is 0 Å². The number of aromatic nitrogens is 2. The van der Waals surface area contributed by atoms with E-state index in [1.54, 1.807) is 29.8 Å². The van der Waals surface area contributed by atoms with Crippen LogP contribution in [0.4, 0.5) is 5.69 Å². The van der Waals surface area contributed by atoms with Gasteiger partial charge in [-0.15, -0.1) is 0 Å². The van der Waals surface area contributed by atoms with Gasteiger partial charge >= 0.3 is 5.97 Å². The number of esters is 1. The fourth-order valence-corrected chi connectivity index (χ4v) is 3.08. The highest BCUT2D eigenvalue weighted by Crippen LogP contribution is 2.31. The van der Waals surface area contributed by atoms with Gasteiger partial charge in [-0.1, -0.05) is 24.3 Å². The van der Waals surface area contributed by atoms with E-state index in [9.17, 15) is 9.59 Å². The zero-order chi connectivity index (χ0) is 21.7. The van der Waals surface area contributed by atoms with E-state index in [1.165, 1.54) is 14.2 Å². The van der Waals surface area contributed by atoms with Crippen LogP contribution in [0.2, 0.25) is 0 Å². The van der Waals surface area contributed by atoms with E-state index in [-0.39, 0.29) is 11.3 Å². The summed E-state index contributed by atoms with van der Waals surface area (Å²) in [5, 5.41) is 7.25. The molecule has 0 fully saturated rings. The van der Waals surface area contributed by atoms with Gasteiger partial charge in [0.15, 0.2) is 18.1 Å². The van der Waals surface area contributed by atoms with Crippen molar-refractivity contribution in [3.8, 4) is 17.2 Å². The van der Waals surface area contributed by atoms with Crippen molar-refractivity contribution in [3.63, 3.8) is 0 Å². The summed E-state index contributed by atoms with van der Waals surface area (Å²) in [4.78, 5) is 24.8. The van der Waals surface area contributed by atoms with Crippen LogP contribution in [0.3, 0.4) is 0 Å². The Morgan fingerprint density at radius 3 is 2.40 bits per heavy atom. The Labute approximate surface area is 174 Å². The van der Waals surface area contributed by atoms with Crippen LogP contribution < -0.4 is 14.8 Å². The minimum Gasteiger partial charge on any atom is -0.493 e. The summed E-state index contributed by atoms with van der Waals surface area (Å²) in [5.41, 5.74) is 3.07. The molecule has 0 spiro atoms. The van der Waals surface area contributed by atoms with Gasteiger partial charge in [0, 0.05) is 0 Å². The fraction of sp³-hybridized carbons (Fsp3) is 0.227. The number of carbonyl (C=O) groups excluding carboxylic acids is 2. The Balaban J connectivity index is 1.69. The summed E-state index contributed by atoms with van der Waals surface area (Å²) in [5.74, 6) is -0.504. The molecule has 0 aliphatic rings. The number of methoxy groups -OCH3 is 2. The summed E-state index contributed by atoms with van der Waals surface area (Å²) in [6.07, 6.45) is 0. The molecule has 0 aliphatic heterocycles. The molecule has 0 atom stereocenters. The first-order valence-corrected chi connectivity index (χ1v) is 9.25. The van der Waals surface area contributed by atoms with Crippen LogP contribution in [0, 0.1) is 13.8 Å². The lowest BCUT2D eigenvalue weighted by atomic mass is 10.2. The van der Waals surface area contributed by atoms with Crippen molar-refractivity contribution in [1.29, 1.82) is 0 Å². The molecule has 1 amide bonds. The molecule has 156 valence electrons. The number of rotatable bonds is 7. The topological polar surface area (TPSA) is 91.7 Å². The monoisotopic (exact) mass is 409 g/mol. The maximum absolute atomic E-state index is 12.4. The van der Waals surface area contributed by atoms with E-state index in [0.717, 1.165) is 11.4 Å². The molecule has 1 heterocycles. The third-order valence-electron chi connectivity index (χ3n) is 4.51. The average Bonchev–Trinajstić information content (AvgIpc) is 3.05. The lowest BCUT2D eigenvalue weighted by molar-refractivity contribution is -0.119. The van der Waals surface area contributed by atoms with Crippen LogP contribution in [0.15, 0.2) is 48.5 Å². The van der Waals surface area contributed by atoms with Crippen molar-refractivity contribution >= 4 is 17.6 Å². The molecule has 2 aromatic carbocycles. The molecule has 8 heteroatoms.